The minimum atomic E-state index is -0.149. The number of aryl methyl sites for hydroxylation is 1. The highest BCUT2D eigenvalue weighted by Crippen LogP contribution is 2.18. The first-order chi connectivity index (χ1) is 7.17. The van der Waals surface area contributed by atoms with Crippen molar-refractivity contribution in [3.8, 4) is 0 Å². The van der Waals surface area contributed by atoms with Crippen LogP contribution in [-0.2, 0) is 0 Å². The third kappa shape index (κ3) is 3.54. The van der Waals surface area contributed by atoms with Crippen LogP contribution < -0.4 is 5.32 Å². The first kappa shape index (κ1) is 12.0. The van der Waals surface area contributed by atoms with Crippen LogP contribution in [0.3, 0.4) is 0 Å². The van der Waals surface area contributed by atoms with Crippen molar-refractivity contribution in [3.05, 3.63) is 29.6 Å². The number of anilines is 1. The SMILES string of the molecule is CCCC(CC)Nc1ccc(C)cc1F. The molecule has 2 heteroatoms. The third-order valence-corrected chi connectivity index (χ3v) is 2.61. The number of hydrogen-bond acceptors (Lipinski definition) is 1. The van der Waals surface area contributed by atoms with E-state index in [1.807, 2.05) is 19.1 Å². The molecule has 0 spiro atoms. The molecule has 0 aliphatic heterocycles. The molecule has 1 atom stereocenters. The number of benzene rings is 1. The molecule has 1 nitrogen and oxygen atoms in total. The zero-order valence-corrected chi connectivity index (χ0v) is 9.81. The Labute approximate surface area is 91.7 Å². The van der Waals surface area contributed by atoms with Gasteiger partial charge in [-0.1, -0.05) is 26.3 Å². The maximum Gasteiger partial charge on any atom is 0.146 e. The van der Waals surface area contributed by atoms with Gasteiger partial charge < -0.3 is 5.32 Å². The number of nitrogens with one attached hydrogen (secondary N) is 1. The van der Waals surface area contributed by atoms with Gasteiger partial charge in [-0.05, 0) is 37.5 Å². The summed E-state index contributed by atoms with van der Waals surface area (Å²) in [6.45, 7) is 6.17. The summed E-state index contributed by atoms with van der Waals surface area (Å²) >= 11 is 0. The summed E-state index contributed by atoms with van der Waals surface area (Å²) in [5.41, 5.74) is 1.59. The molecule has 15 heavy (non-hydrogen) atoms. The van der Waals surface area contributed by atoms with E-state index in [0.29, 0.717) is 11.7 Å². The molecule has 0 heterocycles. The van der Waals surface area contributed by atoms with Crippen LogP contribution in [0.15, 0.2) is 18.2 Å². The summed E-state index contributed by atoms with van der Waals surface area (Å²) in [4.78, 5) is 0. The molecule has 0 saturated carbocycles. The van der Waals surface area contributed by atoms with Crippen molar-refractivity contribution in [2.45, 2.75) is 46.1 Å². The fourth-order valence-electron chi connectivity index (χ4n) is 1.68. The van der Waals surface area contributed by atoms with Gasteiger partial charge in [0, 0.05) is 6.04 Å². The molecule has 0 fully saturated rings. The van der Waals surface area contributed by atoms with Crippen LogP contribution in [-0.4, -0.2) is 6.04 Å². The van der Waals surface area contributed by atoms with Crippen LogP contribution in [0.1, 0.15) is 38.7 Å². The zero-order valence-electron chi connectivity index (χ0n) is 9.81. The maximum absolute atomic E-state index is 13.5. The average Bonchev–Trinajstić information content (AvgIpc) is 2.21. The maximum atomic E-state index is 13.5. The van der Waals surface area contributed by atoms with Crippen molar-refractivity contribution < 1.29 is 4.39 Å². The van der Waals surface area contributed by atoms with Crippen molar-refractivity contribution in [1.29, 1.82) is 0 Å². The van der Waals surface area contributed by atoms with Crippen molar-refractivity contribution in [2.75, 3.05) is 5.32 Å². The predicted molar refractivity (Wildman–Crippen MR) is 63.7 cm³/mol. The second-order valence-electron chi connectivity index (χ2n) is 4.02. The Kier molecular flexibility index (Phi) is 4.60. The fourth-order valence-corrected chi connectivity index (χ4v) is 1.68. The van der Waals surface area contributed by atoms with E-state index >= 15 is 0 Å². The largest absolute Gasteiger partial charge is 0.380 e. The predicted octanol–water partition coefficient (Wildman–Crippen LogP) is 4.12. The van der Waals surface area contributed by atoms with Crippen LogP contribution in [0.25, 0.3) is 0 Å². The lowest BCUT2D eigenvalue weighted by atomic mass is 10.1. The van der Waals surface area contributed by atoms with E-state index in [1.54, 1.807) is 6.07 Å². The minimum absolute atomic E-state index is 0.149. The molecule has 0 aliphatic rings. The van der Waals surface area contributed by atoms with E-state index in [1.165, 1.54) is 0 Å². The second-order valence-corrected chi connectivity index (χ2v) is 4.02. The normalized spacial score (nSPS) is 12.5. The highest BCUT2D eigenvalue weighted by Gasteiger charge is 2.07. The summed E-state index contributed by atoms with van der Waals surface area (Å²) < 4.78 is 13.5. The van der Waals surface area contributed by atoms with Gasteiger partial charge in [0.1, 0.15) is 5.82 Å². The van der Waals surface area contributed by atoms with E-state index in [0.717, 1.165) is 24.8 Å². The Morgan fingerprint density at radius 2 is 2.07 bits per heavy atom. The smallest absolute Gasteiger partial charge is 0.146 e. The number of rotatable bonds is 5. The third-order valence-electron chi connectivity index (χ3n) is 2.61. The summed E-state index contributed by atoms with van der Waals surface area (Å²) in [5.74, 6) is -0.149. The molecule has 0 radical (unpaired) electrons. The van der Waals surface area contributed by atoms with Gasteiger partial charge in [-0.15, -0.1) is 0 Å². The average molecular weight is 209 g/mol. The van der Waals surface area contributed by atoms with Crippen LogP contribution in [0.2, 0.25) is 0 Å². The molecule has 1 aromatic rings. The Balaban J connectivity index is 2.70. The van der Waals surface area contributed by atoms with E-state index in [4.69, 9.17) is 0 Å². The second kappa shape index (κ2) is 5.74. The fraction of sp³-hybridized carbons (Fsp3) is 0.538. The van der Waals surface area contributed by atoms with Gasteiger partial charge in [0.2, 0.25) is 0 Å². The lowest BCUT2D eigenvalue weighted by molar-refractivity contribution is 0.598. The summed E-state index contributed by atoms with van der Waals surface area (Å²) in [5, 5.41) is 3.25. The van der Waals surface area contributed by atoms with Gasteiger partial charge in [-0.3, -0.25) is 0 Å². The molecule has 1 N–H and O–H groups in total. The lowest BCUT2D eigenvalue weighted by Gasteiger charge is -2.18. The van der Waals surface area contributed by atoms with Crippen molar-refractivity contribution in [1.82, 2.24) is 0 Å². The Morgan fingerprint density at radius 3 is 2.60 bits per heavy atom. The van der Waals surface area contributed by atoms with Crippen LogP contribution in [0, 0.1) is 12.7 Å². The molecular formula is C13H20FN. The van der Waals surface area contributed by atoms with E-state index < -0.39 is 0 Å². The number of hydrogen-bond donors (Lipinski definition) is 1. The standard InChI is InChI=1S/C13H20FN/c1-4-6-11(5-2)15-13-8-7-10(3)9-12(13)14/h7-9,11,15H,4-6H2,1-3H3. The monoisotopic (exact) mass is 209 g/mol. The number of halogens is 1. The van der Waals surface area contributed by atoms with E-state index in [-0.39, 0.29) is 5.82 Å². The highest BCUT2D eigenvalue weighted by molar-refractivity contribution is 5.46. The van der Waals surface area contributed by atoms with Crippen molar-refractivity contribution >= 4 is 5.69 Å². The van der Waals surface area contributed by atoms with Gasteiger partial charge in [0.05, 0.1) is 5.69 Å². The van der Waals surface area contributed by atoms with Gasteiger partial charge in [0.25, 0.3) is 0 Å². The van der Waals surface area contributed by atoms with Crippen molar-refractivity contribution in [2.24, 2.45) is 0 Å². The summed E-state index contributed by atoms with van der Waals surface area (Å²) in [6, 6.07) is 5.71. The Bertz CT molecular complexity index is 309. The molecule has 0 aromatic heterocycles. The van der Waals surface area contributed by atoms with Gasteiger partial charge >= 0.3 is 0 Å². The highest BCUT2D eigenvalue weighted by atomic mass is 19.1. The molecule has 1 rings (SSSR count). The molecule has 0 amide bonds. The first-order valence-electron chi connectivity index (χ1n) is 5.70. The Hall–Kier alpha value is -1.05. The van der Waals surface area contributed by atoms with Crippen LogP contribution in [0.5, 0.6) is 0 Å². The lowest BCUT2D eigenvalue weighted by Crippen LogP contribution is -2.18. The van der Waals surface area contributed by atoms with Crippen molar-refractivity contribution in [3.63, 3.8) is 0 Å². The van der Waals surface area contributed by atoms with E-state index in [9.17, 15) is 4.39 Å². The van der Waals surface area contributed by atoms with Crippen LogP contribution in [0.4, 0.5) is 10.1 Å². The van der Waals surface area contributed by atoms with Crippen LogP contribution >= 0.6 is 0 Å². The zero-order chi connectivity index (χ0) is 11.3. The summed E-state index contributed by atoms with van der Waals surface area (Å²) in [7, 11) is 0. The first-order valence-corrected chi connectivity index (χ1v) is 5.70. The topological polar surface area (TPSA) is 12.0 Å². The Morgan fingerprint density at radius 1 is 1.33 bits per heavy atom. The molecule has 0 aliphatic carbocycles. The quantitative estimate of drug-likeness (QED) is 0.769. The van der Waals surface area contributed by atoms with E-state index in [2.05, 4.69) is 19.2 Å². The van der Waals surface area contributed by atoms with Gasteiger partial charge in [-0.25, -0.2) is 4.39 Å². The molecular weight excluding hydrogens is 189 g/mol. The molecule has 84 valence electrons. The minimum Gasteiger partial charge on any atom is -0.380 e. The van der Waals surface area contributed by atoms with Gasteiger partial charge in [-0.2, -0.15) is 0 Å². The van der Waals surface area contributed by atoms with Gasteiger partial charge in [0.15, 0.2) is 0 Å². The summed E-state index contributed by atoms with van der Waals surface area (Å²) in [6.07, 6.45) is 3.24. The molecule has 1 aromatic carbocycles. The molecule has 1 unspecified atom stereocenters. The molecule has 0 bridgehead atoms. The molecule has 0 saturated heterocycles.